The number of aromatic amines is 1. The second kappa shape index (κ2) is 7.62. The van der Waals surface area contributed by atoms with Crippen molar-refractivity contribution in [1.82, 2.24) is 25.1 Å². The molecule has 1 saturated heterocycles. The number of nitrogens with zero attached hydrogens (tertiary/aromatic N) is 4. The first-order chi connectivity index (χ1) is 14.7. The van der Waals surface area contributed by atoms with Crippen LogP contribution < -0.4 is 14.2 Å². The minimum atomic E-state index is -0.527. The van der Waals surface area contributed by atoms with Crippen LogP contribution in [0.15, 0.2) is 36.7 Å². The zero-order valence-corrected chi connectivity index (χ0v) is 15.9. The van der Waals surface area contributed by atoms with Gasteiger partial charge in [0.05, 0.1) is 24.6 Å². The number of rotatable bonds is 4. The number of nitrogens with one attached hydrogen (secondary N) is 1. The van der Waals surface area contributed by atoms with E-state index < -0.39 is 5.82 Å². The van der Waals surface area contributed by atoms with Gasteiger partial charge in [0.15, 0.2) is 17.3 Å². The van der Waals surface area contributed by atoms with Crippen molar-refractivity contribution in [2.24, 2.45) is 0 Å². The smallest absolute Gasteiger partial charge is 0.316 e. The van der Waals surface area contributed by atoms with Gasteiger partial charge in [0.25, 0.3) is 5.91 Å². The van der Waals surface area contributed by atoms with Crippen molar-refractivity contribution >= 4 is 5.91 Å². The molecule has 154 valence electrons. The van der Waals surface area contributed by atoms with Crippen molar-refractivity contribution in [2.75, 3.05) is 19.9 Å². The minimum Gasteiger partial charge on any atom is -0.458 e. The lowest BCUT2D eigenvalue weighted by molar-refractivity contribution is 0.0510. The number of amides is 1. The van der Waals surface area contributed by atoms with E-state index in [0.29, 0.717) is 36.0 Å². The minimum absolute atomic E-state index is 0.0994. The van der Waals surface area contributed by atoms with Crippen LogP contribution in [0.5, 0.6) is 17.5 Å². The van der Waals surface area contributed by atoms with E-state index in [-0.39, 0.29) is 24.8 Å². The summed E-state index contributed by atoms with van der Waals surface area (Å²) in [6.45, 7) is 1.20. The van der Waals surface area contributed by atoms with Crippen molar-refractivity contribution in [3.05, 3.63) is 48.2 Å². The number of benzene rings is 1. The normalized spacial score (nSPS) is 17.8. The topological polar surface area (TPSA) is 102 Å². The highest BCUT2D eigenvalue weighted by Gasteiger charge is 2.27. The van der Waals surface area contributed by atoms with E-state index in [9.17, 15) is 9.18 Å². The van der Waals surface area contributed by atoms with E-state index in [4.69, 9.17) is 14.2 Å². The summed E-state index contributed by atoms with van der Waals surface area (Å²) >= 11 is 0. The maximum atomic E-state index is 13.0. The Morgan fingerprint density at radius 1 is 1.20 bits per heavy atom. The number of fused-ring (bicyclic) bond motifs is 1. The third-order valence-corrected chi connectivity index (χ3v) is 5.01. The molecule has 1 fully saturated rings. The molecule has 5 rings (SSSR count). The largest absolute Gasteiger partial charge is 0.458 e. The Morgan fingerprint density at radius 3 is 2.90 bits per heavy atom. The van der Waals surface area contributed by atoms with Gasteiger partial charge in [0.1, 0.15) is 11.8 Å². The molecular formula is C20H18FN5O4. The lowest BCUT2D eigenvalue weighted by atomic mass is 10.1. The molecule has 2 aromatic heterocycles. The van der Waals surface area contributed by atoms with Gasteiger partial charge in [-0.1, -0.05) is 0 Å². The van der Waals surface area contributed by atoms with Crippen LogP contribution >= 0.6 is 0 Å². The lowest BCUT2D eigenvalue weighted by Crippen LogP contribution is -2.44. The maximum absolute atomic E-state index is 13.0. The van der Waals surface area contributed by atoms with Gasteiger partial charge in [-0.25, -0.2) is 14.4 Å². The number of hydrogen-bond donors (Lipinski definition) is 1. The Morgan fingerprint density at radius 2 is 2.03 bits per heavy atom. The molecule has 9 nitrogen and oxygen atoms in total. The summed E-state index contributed by atoms with van der Waals surface area (Å²) in [5, 5.41) is 7.09. The Labute approximate surface area is 170 Å². The molecule has 4 heterocycles. The molecule has 2 aliphatic heterocycles. The number of likely N-dealkylation sites (tertiary alicyclic amines) is 1. The zero-order valence-electron chi connectivity index (χ0n) is 15.9. The van der Waals surface area contributed by atoms with Crippen LogP contribution in [0, 0.1) is 5.82 Å². The second-order valence-electron chi connectivity index (χ2n) is 7.05. The molecule has 1 amide bonds. The highest BCUT2D eigenvalue weighted by Crippen LogP contribution is 2.35. The number of H-pyrrole nitrogens is 1. The Bertz CT molecular complexity index is 1070. The van der Waals surface area contributed by atoms with Crippen molar-refractivity contribution < 1.29 is 23.4 Å². The van der Waals surface area contributed by atoms with Crippen molar-refractivity contribution in [3.63, 3.8) is 0 Å². The summed E-state index contributed by atoms with van der Waals surface area (Å²) < 4.78 is 29.4. The molecule has 0 spiro atoms. The highest BCUT2D eigenvalue weighted by atomic mass is 19.1. The molecule has 1 unspecified atom stereocenters. The summed E-state index contributed by atoms with van der Waals surface area (Å²) in [5.74, 6) is 0.653. The molecule has 1 atom stereocenters. The zero-order chi connectivity index (χ0) is 20.5. The van der Waals surface area contributed by atoms with Crippen molar-refractivity contribution in [3.8, 4) is 28.8 Å². The molecule has 0 aliphatic carbocycles. The lowest BCUT2D eigenvalue weighted by Gasteiger charge is -2.31. The Hall–Kier alpha value is -3.69. The monoisotopic (exact) mass is 411 g/mol. The Balaban J connectivity index is 1.27. The first-order valence-electron chi connectivity index (χ1n) is 9.54. The van der Waals surface area contributed by atoms with Gasteiger partial charge >= 0.3 is 6.01 Å². The first-order valence-corrected chi connectivity index (χ1v) is 9.54. The standard InChI is InChI=1S/C20H18FN5O4/c21-13-8-22-20(23-9-13)30-14-2-1-5-26(10-14)19(27)16-7-15(24-25-16)12-3-4-17-18(6-12)29-11-28-17/h3-4,6-9,14H,1-2,5,10-11H2,(H,24,25). The van der Waals surface area contributed by atoms with Gasteiger partial charge in [0.2, 0.25) is 6.79 Å². The van der Waals surface area contributed by atoms with Crippen LogP contribution in [0.3, 0.4) is 0 Å². The average Bonchev–Trinajstić information content (AvgIpc) is 3.44. The van der Waals surface area contributed by atoms with Gasteiger partial charge in [-0.2, -0.15) is 5.10 Å². The first kappa shape index (κ1) is 18.3. The van der Waals surface area contributed by atoms with E-state index in [1.807, 2.05) is 18.2 Å². The molecule has 30 heavy (non-hydrogen) atoms. The van der Waals surface area contributed by atoms with Crippen LogP contribution in [-0.4, -0.2) is 57.0 Å². The van der Waals surface area contributed by atoms with Crippen LogP contribution in [0.1, 0.15) is 23.3 Å². The van der Waals surface area contributed by atoms with Gasteiger partial charge in [-0.3, -0.25) is 9.89 Å². The number of carbonyl (C=O) groups is 1. The quantitative estimate of drug-likeness (QED) is 0.703. The van der Waals surface area contributed by atoms with E-state index in [1.54, 1.807) is 11.0 Å². The van der Waals surface area contributed by atoms with Gasteiger partial charge in [0, 0.05) is 12.1 Å². The van der Waals surface area contributed by atoms with Gasteiger partial charge in [-0.05, 0) is 37.1 Å². The van der Waals surface area contributed by atoms with Crippen LogP contribution in [-0.2, 0) is 0 Å². The Kier molecular flexibility index (Phi) is 4.66. The predicted octanol–water partition coefficient (Wildman–Crippen LogP) is 2.42. The van der Waals surface area contributed by atoms with Crippen LogP contribution in [0.2, 0.25) is 0 Å². The summed E-state index contributed by atoms with van der Waals surface area (Å²) in [4.78, 5) is 22.3. The van der Waals surface area contributed by atoms with Gasteiger partial charge < -0.3 is 19.1 Å². The molecular weight excluding hydrogens is 393 g/mol. The third kappa shape index (κ3) is 3.63. The average molecular weight is 411 g/mol. The summed E-state index contributed by atoms with van der Waals surface area (Å²) in [6, 6.07) is 7.33. The van der Waals surface area contributed by atoms with Crippen LogP contribution in [0.4, 0.5) is 4.39 Å². The fraction of sp³-hybridized carbons (Fsp3) is 0.300. The third-order valence-electron chi connectivity index (χ3n) is 5.01. The van der Waals surface area contributed by atoms with E-state index in [0.717, 1.165) is 30.8 Å². The van der Waals surface area contributed by atoms with E-state index in [2.05, 4.69) is 20.2 Å². The van der Waals surface area contributed by atoms with Crippen LogP contribution in [0.25, 0.3) is 11.3 Å². The number of piperidine rings is 1. The number of ether oxygens (including phenoxy) is 3. The maximum Gasteiger partial charge on any atom is 0.316 e. The summed E-state index contributed by atoms with van der Waals surface area (Å²) in [7, 11) is 0. The fourth-order valence-electron chi connectivity index (χ4n) is 3.53. The second-order valence-corrected chi connectivity index (χ2v) is 7.05. The van der Waals surface area contributed by atoms with E-state index >= 15 is 0 Å². The fourth-order valence-corrected chi connectivity index (χ4v) is 3.53. The number of carbonyl (C=O) groups excluding carboxylic acids is 1. The summed E-state index contributed by atoms with van der Waals surface area (Å²) in [6.07, 6.45) is 3.38. The van der Waals surface area contributed by atoms with Gasteiger partial charge in [-0.15, -0.1) is 0 Å². The molecule has 1 N–H and O–H groups in total. The number of aromatic nitrogens is 4. The molecule has 10 heteroatoms. The van der Waals surface area contributed by atoms with E-state index in [1.165, 1.54) is 0 Å². The number of hydrogen-bond acceptors (Lipinski definition) is 7. The number of halogens is 1. The molecule has 0 radical (unpaired) electrons. The summed E-state index contributed by atoms with van der Waals surface area (Å²) in [5.41, 5.74) is 1.85. The molecule has 0 saturated carbocycles. The predicted molar refractivity (Wildman–Crippen MR) is 102 cm³/mol. The molecule has 3 aromatic rings. The highest BCUT2D eigenvalue weighted by molar-refractivity contribution is 5.93. The van der Waals surface area contributed by atoms with Crippen molar-refractivity contribution in [2.45, 2.75) is 18.9 Å². The molecule has 2 aliphatic rings. The van der Waals surface area contributed by atoms with Crippen molar-refractivity contribution in [1.29, 1.82) is 0 Å². The SMILES string of the molecule is O=C(c1cc(-c2ccc3c(c2)OCO3)n[nH]1)N1CCCC(Oc2ncc(F)cn2)C1. The molecule has 1 aromatic carbocycles. The molecule has 0 bridgehead atoms.